The zero-order valence-electron chi connectivity index (χ0n) is 15.7. The first-order valence-electron chi connectivity index (χ1n) is 8.14. The Kier molecular flexibility index (Phi) is 4.98. The minimum atomic E-state index is -1.04. The summed E-state index contributed by atoms with van der Waals surface area (Å²) in [5.74, 6) is 0.486. The van der Waals surface area contributed by atoms with E-state index in [4.69, 9.17) is 28.1 Å². The first-order valence-corrected chi connectivity index (χ1v) is 8.14. The number of fused-ring (bicyclic) bond motifs is 1. The van der Waals surface area contributed by atoms with Gasteiger partial charge in [0.2, 0.25) is 11.9 Å². The topological polar surface area (TPSA) is 93.4 Å². The molecule has 0 saturated carbocycles. The second kappa shape index (κ2) is 7.22. The molecule has 0 bridgehead atoms. The molecule has 0 saturated heterocycles. The van der Waals surface area contributed by atoms with Crippen LogP contribution in [0.15, 0.2) is 27.4 Å². The normalized spacial score (nSPS) is 17.7. The number of rotatable bonds is 5. The van der Waals surface area contributed by atoms with Crippen LogP contribution in [-0.2, 0) is 9.53 Å². The fourth-order valence-electron chi connectivity index (χ4n) is 3.25. The molecule has 2 aromatic rings. The van der Waals surface area contributed by atoms with Crippen molar-refractivity contribution in [3.8, 4) is 23.0 Å². The quantitative estimate of drug-likeness (QED) is 0.732. The molecule has 2 atom stereocenters. The molecule has 2 heterocycles. The van der Waals surface area contributed by atoms with Gasteiger partial charge in [-0.15, -0.1) is 0 Å². The maximum absolute atomic E-state index is 12.5. The SMILES string of the molecule is COC(=O)[C@@H]1Oc2cc(C)oc(=O)c2[C@@H]1c1cc(OC)c(OC)c(OC)c1. The van der Waals surface area contributed by atoms with Crippen molar-refractivity contribution in [3.63, 3.8) is 0 Å². The number of carbonyl (C=O) groups excluding carboxylic acids is 1. The van der Waals surface area contributed by atoms with Crippen LogP contribution in [0, 0.1) is 6.92 Å². The van der Waals surface area contributed by atoms with Crippen molar-refractivity contribution in [2.75, 3.05) is 28.4 Å². The molecule has 27 heavy (non-hydrogen) atoms. The van der Waals surface area contributed by atoms with Crippen LogP contribution in [0.4, 0.5) is 0 Å². The van der Waals surface area contributed by atoms with Crippen LogP contribution in [0.5, 0.6) is 23.0 Å². The van der Waals surface area contributed by atoms with Crippen molar-refractivity contribution in [3.05, 3.63) is 45.5 Å². The number of aryl methyl sites for hydroxylation is 1. The molecule has 0 radical (unpaired) electrons. The largest absolute Gasteiger partial charge is 0.493 e. The summed E-state index contributed by atoms with van der Waals surface area (Å²) in [4.78, 5) is 24.8. The van der Waals surface area contributed by atoms with Crippen LogP contribution < -0.4 is 24.6 Å². The Morgan fingerprint density at radius 3 is 2.15 bits per heavy atom. The number of esters is 1. The Morgan fingerprint density at radius 2 is 1.63 bits per heavy atom. The van der Waals surface area contributed by atoms with Crippen molar-refractivity contribution in [1.82, 2.24) is 0 Å². The highest BCUT2D eigenvalue weighted by atomic mass is 16.6. The molecule has 0 fully saturated rings. The molecule has 0 aliphatic carbocycles. The summed E-state index contributed by atoms with van der Waals surface area (Å²) < 4.78 is 31.9. The lowest BCUT2D eigenvalue weighted by Crippen LogP contribution is -2.31. The highest BCUT2D eigenvalue weighted by molar-refractivity contribution is 5.79. The van der Waals surface area contributed by atoms with Crippen molar-refractivity contribution >= 4 is 5.97 Å². The molecular formula is C19H20O8. The number of methoxy groups -OCH3 is 4. The summed E-state index contributed by atoms with van der Waals surface area (Å²) in [6, 6.07) is 4.91. The summed E-state index contributed by atoms with van der Waals surface area (Å²) in [5, 5.41) is 0. The number of hydrogen-bond acceptors (Lipinski definition) is 8. The molecule has 1 aliphatic heterocycles. The molecule has 0 N–H and O–H groups in total. The van der Waals surface area contributed by atoms with Crippen molar-refractivity contribution < 1.29 is 32.9 Å². The average Bonchev–Trinajstić information content (AvgIpc) is 3.05. The Balaban J connectivity index is 2.24. The molecular weight excluding hydrogens is 356 g/mol. The summed E-state index contributed by atoms with van der Waals surface area (Å²) >= 11 is 0. The van der Waals surface area contributed by atoms with E-state index >= 15 is 0 Å². The second-order valence-corrected chi connectivity index (χ2v) is 5.92. The minimum Gasteiger partial charge on any atom is -0.493 e. The second-order valence-electron chi connectivity index (χ2n) is 5.92. The number of hydrogen-bond donors (Lipinski definition) is 0. The number of benzene rings is 1. The maximum atomic E-state index is 12.5. The fourth-order valence-corrected chi connectivity index (χ4v) is 3.25. The number of ether oxygens (including phenoxy) is 5. The number of carbonyl (C=O) groups is 1. The summed E-state index contributed by atoms with van der Waals surface area (Å²) in [6.07, 6.45) is -1.04. The average molecular weight is 376 g/mol. The van der Waals surface area contributed by atoms with E-state index in [0.717, 1.165) is 0 Å². The molecule has 0 unspecified atom stereocenters. The Morgan fingerprint density at radius 1 is 1.00 bits per heavy atom. The standard InChI is InChI=1S/C19H20O8/c1-9-6-11-15(18(20)26-9)14(17(27-11)19(21)25-5)10-7-12(22-2)16(24-4)13(8-10)23-3/h6-8,14,17H,1-5H3/t14-,17+/m0/s1. The first-order chi connectivity index (χ1) is 12.9. The third kappa shape index (κ3) is 3.07. The van der Waals surface area contributed by atoms with Gasteiger partial charge in [-0.3, -0.25) is 0 Å². The van der Waals surface area contributed by atoms with E-state index < -0.39 is 23.6 Å². The van der Waals surface area contributed by atoms with E-state index in [0.29, 0.717) is 28.6 Å². The summed E-state index contributed by atoms with van der Waals surface area (Å²) in [7, 11) is 5.71. The van der Waals surface area contributed by atoms with Crippen LogP contribution in [0.1, 0.15) is 22.8 Å². The zero-order chi connectivity index (χ0) is 19.7. The van der Waals surface area contributed by atoms with Crippen LogP contribution in [0.3, 0.4) is 0 Å². The molecule has 144 valence electrons. The lowest BCUT2D eigenvalue weighted by Gasteiger charge is -2.20. The predicted molar refractivity (Wildman–Crippen MR) is 94.1 cm³/mol. The van der Waals surface area contributed by atoms with Gasteiger partial charge in [0.25, 0.3) is 0 Å². The summed E-state index contributed by atoms with van der Waals surface area (Å²) in [6.45, 7) is 1.63. The van der Waals surface area contributed by atoms with Crippen LogP contribution in [0.2, 0.25) is 0 Å². The van der Waals surface area contributed by atoms with Gasteiger partial charge in [0.05, 0.1) is 39.9 Å². The smallest absolute Gasteiger partial charge is 0.348 e. The van der Waals surface area contributed by atoms with Crippen LogP contribution in [0.25, 0.3) is 0 Å². The first kappa shape index (κ1) is 18.6. The Bertz CT molecular complexity index is 905. The van der Waals surface area contributed by atoms with E-state index in [2.05, 4.69) is 0 Å². The lowest BCUT2D eigenvalue weighted by molar-refractivity contribution is -0.148. The molecule has 3 rings (SSSR count). The van der Waals surface area contributed by atoms with Gasteiger partial charge in [0.15, 0.2) is 11.5 Å². The highest BCUT2D eigenvalue weighted by Crippen LogP contribution is 2.46. The van der Waals surface area contributed by atoms with E-state index in [1.54, 1.807) is 25.1 Å². The van der Waals surface area contributed by atoms with Crippen molar-refractivity contribution in [1.29, 1.82) is 0 Å². The molecule has 0 spiro atoms. The van der Waals surface area contributed by atoms with Crippen molar-refractivity contribution in [2.24, 2.45) is 0 Å². The van der Waals surface area contributed by atoms with Gasteiger partial charge in [-0.25, -0.2) is 9.59 Å². The Labute approximate surface area is 155 Å². The molecule has 1 aliphatic rings. The zero-order valence-corrected chi connectivity index (χ0v) is 15.7. The van der Waals surface area contributed by atoms with Gasteiger partial charge in [-0.2, -0.15) is 0 Å². The van der Waals surface area contributed by atoms with Gasteiger partial charge < -0.3 is 28.1 Å². The van der Waals surface area contributed by atoms with Gasteiger partial charge in [0.1, 0.15) is 11.5 Å². The van der Waals surface area contributed by atoms with Gasteiger partial charge in [-0.05, 0) is 24.6 Å². The molecule has 1 aromatic carbocycles. The lowest BCUT2D eigenvalue weighted by atomic mass is 9.88. The van der Waals surface area contributed by atoms with Gasteiger partial charge in [0, 0.05) is 6.07 Å². The Hall–Kier alpha value is -3.16. The molecule has 0 amide bonds. The summed E-state index contributed by atoms with van der Waals surface area (Å²) in [5.41, 5.74) is 0.232. The molecule has 8 nitrogen and oxygen atoms in total. The third-order valence-corrected chi connectivity index (χ3v) is 4.42. The van der Waals surface area contributed by atoms with E-state index in [1.165, 1.54) is 28.4 Å². The third-order valence-electron chi connectivity index (χ3n) is 4.42. The van der Waals surface area contributed by atoms with E-state index in [1.807, 2.05) is 0 Å². The highest BCUT2D eigenvalue weighted by Gasteiger charge is 2.44. The van der Waals surface area contributed by atoms with Crippen LogP contribution in [-0.4, -0.2) is 40.5 Å². The monoisotopic (exact) mass is 376 g/mol. The van der Waals surface area contributed by atoms with Crippen molar-refractivity contribution in [2.45, 2.75) is 18.9 Å². The maximum Gasteiger partial charge on any atom is 0.348 e. The van der Waals surface area contributed by atoms with E-state index in [9.17, 15) is 9.59 Å². The van der Waals surface area contributed by atoms with Gasteiger partial charge >= 0.3 is 11.6 Å². The fraction of sp³-hybridized carbons (Fsp3) is 0.368. The molecule has 8 heteroatoms. The van der Waals surface area contributed by atoms with E-state index in [-0.39, 0.29) is 11.3 Å². The van der Waals surface area contributed by atoms with Crippen LogP contribution >= 0.6 is 0 Å². The molecule has 1 aromatic heterocycles. The van der Waals surface area contributed by atoms with Gasteiger partial charge in [-0.1, -0.05) is 0 Å². The minimum absolute atomic E-state index is 0.241. The predicted octanol–water partition coefficient (Wildman–Crippen LogP) is 2.04.